The number of methoxy groups -OCH3 is 1. The number of piperidine rings is 1. The molecule has 1 aliphatic heterocycles. The number of ether oxygens (including phenoxy) is 1. The van der Waals surface area contributed by atoms with Gasteiger partial charge in [-0.15, -0.1) is 0 Å². The Balaban J connectivity index is 1.65. The molecule has 0 aliphatic carbocycles. The second-order valence-corrected chi connectivity index (χ2v) is 6.01. The monoisotopic (exact) mass is 318 g/mol. The minimum Gasteiger partial charge on any atom is -0.463 e. The standard InChI is InChI=1S/C16H22N4O3/c1-10-8-13(23-14(10)16(21)22-3)11(2)20-6-4-12(5-7-20)15-17-9-18-19-15/h8-9,11-12H,4-7H2,1-3H3,(H,17,18,19). The van der Waals surface area contributed by atoms with Gasteiger partial charge >= 0.3 is 5.97 Å². The zero-order valence-electron chi connectivity index (χ0n) is 13.7. The van der Waals surface area contributed by atoms with Crippen molar-refractivity contribution in [3.63, 3.8) is 0 Å². The van der Waals surface area contributed by atoms with Crippen LogP contribution in [0.4, 0.5) is 0 Å². The molecule has 2 aromatic heterocycles. The minimum absolute atomic E-state index is 0.128. The fraction of sp³-hybridized carbons (Fsp3) is 0.562. The third kappa shape index (κ3) is 3.14. The largest absolute Gasteiger partial charge is 0.463 e. The number of aromatic amines is 1. The molecule has 2 aromatic rings. The highest BCUT2D eigenvalue weighted by Gasteiger charge is 2.28. The number of nitrogens with zero attached hydrogens (tertiary/aromatic N) is 3. The van der Waals surface area contributed by atoms with Gasteiger partial charge in [-0.3, -0.25) is 10.00 Å². The number of hydrogen-bond acceptors (Lipinski definition) is 6. The summed E-state index contributed by atoms with van der Waals surface area (Å²) in [7, 11) is 1.36. The third-order valence-corrected chi connectivity index (χ3v) is 4.62. The molecule has 3 heterocycles. The fourth-order valence-corrected chi connectivity index (χ4v) is 3.16. The molecule has 1 saturated heterocycles. The van der Waals surface area contributed by atoms with Crippen molar-refractivity contribution < 1.29 is 13.9 Å². The molecule has 7 heteroatoms. The fourth-order valence-electron chi connectivity index (χ4n) is 3.16. The Kier molecular flexibility index (Phi) is 4.47. The third-order valence-electron chi connectivity index (χ3n) is 4.62. The van der Waals surface area contributed by atoms with Gasteiger partial charge in [0.1, 0.15) is 17.9 Å². The van der Waals surface area contributed by atoms with Gasteiger partial charge in [0.2, 0.25) is 5.76 Å². The van der Waals surface area contributed by atoms with E-state index in [9.17, 15) is 4.79 Å². The number of H-pyrrole nitrogens is 1. The highest BCUT2D eigenvalue weighted by molar-refractivity contribution is 5.87. The van der Waals surface area contributed by atoms with Crippen LogP contribution < -0.4 is 0 Å². The Morgan fingerprint density at radius 1 is 1.48 bits per heavy atom. The highest BCUT2D eigenvalue weighted by atomic mass is 16.5. The molecule has 0 spiro atoms. The summed E-state index contributed by atoms with van der Waals surface area (Å²) >= 11 is 0. The number of hydrogen-bond donors (Lipinski definition) is 1. The van der Waals surface area contributed by atoms with E-state index >= 15 is 0 Å². The number of rotatable bonds is 4. The normalized spacial score (nSPS) is 18.0. The van der Waals surface area contributed by atoms with Gasteiger partial charge in [-0.1, -0.05) is 0 Å². The lowest BCUT2D eigenvalue weighted by molar-refractivity contribution is 0.0556. The van der Waals surface area contributed by atoms with Crippen LogP contribution in [0.25, 0.3) is 0 Å². The van der Waals surface area contributed by atoms with Crippen LogP contribution in [0.5, 0.6) is 0 Å². The smallest absolute Gasteiger partial charge is 0.374 e. The number of esters is 1. The Morgan fingerprint density at radius 2 is 2.22 bits per heavy atom. The maximum absolute atomic E-state index is 11.7. The molecule has 0 aromatic carbocycles. The first kappa shape index (κ1) is 15.7. The summed E-state index contributed by atoms with van der Waals surface area (Å²) in [5.41, 5.74) is 0.815. The van der Waals surface area contributed by atoms with Crippen molar-refractivity contribution in [2.75, 3.05) is 20.2 Å². The lowest BCUT2D eigenvalue weighted by Gasteiger charge is -2.34. The molecule has 1 aliphatic rings. The summed E-state index contributed by atoms with van der Waals surface area (Å²) in [6.07, 6.45) is 3.62. The van der Waals surface area contributed by atoms with Crippen LogP contribution >= 0.6 is 0 Å². The maximum Gasteiger partial charge on any atom is 0.374 e. The van der Waals surface area contributed by atoms with Gasteiger partial charge in [0, 0.05) is 11.5 Å². The van der Waals surface area contributed by atoms with Crippen molar-refractivity contribution in [1.29, 1.82) is 0 Å². The Morgan fingerprint density at radius 3 is 2.83 bits per heavy atom. The van der Waals surface area contributed by atoms with Crippen molar-refractivity contribution in [3.05, 3.63) is 35.3 Å². The average Bonchev–Trinajstić information content (AvgIpc) is 3.23. The molecule has 1 atom stereocenters. The van der Waals surface area contributed by atoms with Crippen molar-refractivity contribution >= 4 is 5.97 Å². The second kappa shape index (κ2) is 6.54. The Hall–Kier alpha value is -2.15. The van der Waals surface area contributed by atoms with E-state index in [1.807, 2.05) is 13.0 Å². The molecule has 1 fully saturated rings. The first-order valence-electron chi connectivity index (χ1n) is 7.88. The number of likely N-dealkylation sites (tertiary alicyclic amines) is 1. The number of aromatic nitrogens is 3. The number of aryl methyl sites for hydroxylation is 1. The van der Waals surface area contributed by atoms with Crippen molar-refractivity contribution in [3.8, 4) is 0 Å². The number of carbonyl (C=O) groups excluding carboxylic acids is 1. The number of carbonyl (C=O) groups is 1. The molecular weight excluding hydrogens is 296 g/mol. The minimum atomic E-state index is -0.426. The van der Waals surface area contributed by atoms with Crippen molar-refractivity contribution in [1.82, 2.24) is 20.1 Å². The molecule has 0 bridgehead atoms. The van der Waals surface area contributed by atoms with Gasteiger partial charge in [0.25, 0.3) is 0 Å². The summed E-state index contributed by atoms with van der Waals surface area (Å²) < 4.78 is 10.5. The van der Waals surface area contributed by atoms with Crippen LogP contribution in [-0.4, -0.2) is 46.2 Å². The molecule has 124 valence electrons. The Labute approximate surface area is 135 Å². The molecule has 0 radical (unpaired) electrons. The maximum atomic E-state index is 11.7. The molecule has 1 unspecified atom stereocenters. The average molecular weight is 318 g/mol. The van der Waals surface area contributed by atoms with Crippen LogP contribution in [0.2, 0.25) is 0 Å². The predicted octanol–water partition coefficient (Wildman–Crippen LogP) is 2.43. The molecule has 3 rings (SSSR count). The van der Waals surface area contributed by atoms with E-state index in [1.54, 1.807) is 6.33 Å². The highest BCUT2D eigenvalue weighted by Crippen LogP contribution is 2.32. The molecule has 0 amide bonds. The molecular formula is C16H22N4O3. The van der Waals surface area contributed by atoms with Crippen LogP contribution in [0.3, 0.4) is 0 Å². The van der Waals surface area contributed by atoms with E-state index in [0.717, 1.165) is 43.1 Å². The van der Waals surface area contributed by atoms with Gasteiger partial charge in [-0.25, -0.2) is 9.78 Å². The number of nitrogens with one attached hydrogen (secondary N) is 1. The van der Waals surface area contributed by atoms with E-state index < -0.39 is 5.97 Å². The van der Waals surface area contributed by atoms with Gasteiger partial charge in [-0.2, -0.15) is 5.10 Å². The van der Waals surface area contributed by atoms with Gasteiger partial charge in [0.15, 0.2) is 0 Å². The second-order valence-electron chi connectivity index (χ2n) is 6.01. The molecule has 7 nitrogen and oxygen atoms in total. The first-order valence-corrected chi connectivity index (χ1v) is 7.88. The van der Waals surface area contributed by atoms with E-state index in [0.29, 0.717) is 11.7 Å². The molecule has 23 heavy (non-hydrogen) atoms. The van der Waals surface area contributed by atoms with Gasteiger partial charge in [0.05, 0.1) is 13.2 Å². The van der Waals surface area contributed by atoms with Crippen LogP contribution in [-0.2, 0) is 4.74 Å². The summed E-state index contributed by atoms with van der Waals surface area (Å²) in [5.74, 6) is 2.08. The molecule has 0 saturated carbocycles. The summed E-state index contributed by atoms with van der Waals surface area (Å²) in [6, 6.07) is 2.06. The van der Waals surface area contributed by atoms with E-state index in [-0.39, 0.29) is 6.04 Å². The Bertz CT molecular complexity index is 657. The van der Waals surface area contributed by atoms with E-state index in [2.05, 4.69) is 27.0 Å². The molecule has 1 N–H and O–H groups in total. The van der Waals surface area contributed by atoms with Crippen molar-refractivity contribution in [2.45, 2.75) is 38.6 Å². The van der Waals surface area contributed by atoms with Crippen LogP contribution in [0.15, 0.2) is 16.8 Å². The van der Waals surface area contributed by atoms with Crippen LogP contribution in [0, 0.1) is 6.92 Å². The quantitative estimate of drug-likeness (QED) is 0.872. The zero-order chi connectivity index (χ0) is 16.4. The van der Waals surface area contributed by atoms with Gasteiger partial charge < -0.3 is 9.15 Å². The summed E-state index contributed by atoms with van der Waals surface area (Å²) in [4.78, 5) is 18.3. The van der Waals surface area contributed by atoms with Crippen LogP contribution in [0.1, 0.15) is 59.4 Å². The van der Waals surface area contributed by atoms with E-state index in [4.69, 9.17) is 9.15 Å². The SMILES string of the molecule is COC(=O)c1oc(C(C)N2CCC(c3ncn[nH]3)CC2)cc1C. The number of furan rings is 1. The zero-order valence-corrected chi connectivity index (χ0v) is 13.7. The van der Waals surface area contributed by atoms with Gasteiger partial charge in [-0.05, 0) is 45.8 Å². The summed E-state index contributed by atoms with van der Waals surface area (Å²) in [5, 5.41) is 6.89. The predicted molar refractivity (Wildman–Crippen MR) is 83.1 cm³/mol. The topological polar surface area (TPSA) is 84.2 Å². The first-order chi connectivity index (χ1) is 11.1. The van der Waals surface area contributed by atoms with Crippen molar-refractivity contribution in [2.24, 2.45) is 0 Å². The summed E-state index contributed by atoms with van der Waals surface area (Å²) in [6.45, 7) is 5.88. The van der Waals surface area contributed by atoms with E-state index in [1.165, 1.54) is 7.11 Å². The lowest BCUT2D eigenvalue weighted by atomic mass is 9.95. The lowest BCUT2D eigenvalue weighted by Crippen LogP contribution is -2.35.